The van der Waals surface area contributed by atoms with Crippen LogP contribution in [0.3, 0.4) is 0 Å². The molecule has 6 heteroatoms. The normalized spacial score (nSPS) is 16.0. The minimum Gasteiger partial charge on any atom is -0.489 e. The number of rotatable bonds is 11. The van der Waals surface area contributed by atoms with E-state index in [1.54, 1.807) is 18.2 Å². The van der Waals surface area contributed by atoms with Gasteiger partial charge in [0.15, 0.2) is 0 Å². The molecule has 2 unspecified atom stereocenters. The van der Waals surface area contributed by atoms with Crippen molar-refractivity contribution in [2.24, 2.45) is 11.8 Å². The predicted octanol–water partition coefficient (Wildman–Crippen LogP) is 6.47. The van der Waals surface area contributed by atoms with Crippen LogP contribution >= 0.6 is 0 Å². The van der Waals surface area contributed by atoms with E-state index >= 15 is 0 Å². The third kappa shape index (κ3) is 8.49. The number of benzene rings is 2. The van der Waals surface area contributed by atoms with Crippen molar-refractivity contribution in [3.8, 4) is 11.8 Å². The molecule has 0 spiro atoms. The van der Waals surface area contributed by atoms with E-state index in [-0.39, 0.29) is 30.7 Å². The fraction of sp³-hybridized carbons (Fsp3) is 0.452. The van der Waals surface area contributed by atoms with Gasteiger partial charge in [0, 0.05) is 12.0 Å². The summed E-state index contributed by atoms with van der Waals surface area (Å²) in [7, 11) is 0. The molecule has 0 aliphatic heterocycles. The van der Waals surface area contributed by atoms with E-state index in [1.165, 1.54) is 0 Å². The molecule has 1 amide bonds. The highest BCUT2D eigenvalue weighted by molar-refractivity contribution is 5.96. The van der Waals surface area contributed by atoms with Gasteiger partial charge in [0.2, 0.25) is 0 Å². The third-order valence-electron chi connectivity index (χ3n) is 6.63. The maximum atomic E-state index is 13.6. The van der Waals surface area contributed by atoms with Gasteiger partial charge in [0.1, 0.15) is 12.4 Å². The maximum Gasteiger partial charge on any atom is 0.303 e. The molecule has 0 fully saturated rings. The molecule has 0 saturated carbocycles. The Morgan fingerprint density at radius 1 is 1.16 bits per heavy atom. The Hall–Kier alpha value is -3.59. The molecule has 2 aromatic carbocycles. The van der Waals surface area contributed by atoms with Crippen LogP contribution in [0.15, 0.2) is 48.0 Å². The Kier molecular flexibility index (Phi) is 9.91. The molecular formula is C31H38N2O4. The van der Waals surface area contributed by atoms with E-state index in [0.29, 0.717) is 29.4 Å². The van der Waals surface area contributed by atoms with E-state index in [0.717, 1.165) is 47.9 Å². The van der Waals surface area contributed by atoms with Gasteiger partial charge in [0.25, 0.3) is 5.91 Å². The number of ether oxygens (including phenoxy) is 1. The number of aryl methyl sites for hydroxylation is 3. The lowest BCUT2D eigenvalue weighted by molar-refractivity contribution is -0.136. The van der Waals surface area contributed by atoms with Crippen molar-refractivity contribution in [3.05, 3.63) is 75.9 Å². The standard InChI is InChI=1S/C31H38N2O4/c1-20(2)12-29(26-14-21(3)13-22(4)15-26)33-31(36)28-17-27(10-8-25(28)9-11-30(34)35)37-19-24-7-5-6-23(16-24)18-32/h8,10,13-17,20,23,29H,5-7,9,11-12,19H2,1-4H3,(H,33,36)(H,34,35). The summed E-state index contributed by atoms with van der Waals surface area (Å²) >= 11 is 0. The summed E-state index contributed by atoms with van der Waals surface area (Å²) in [4.78, 5) is 24.9. The van der Waals surface area contributed by atoms with Gasteiger partial charge in [-0.05, 0) is 80.7 Å². The molecule has 0 bridgehead atoms. The first-order valence-electron chi connectivity index (χ1n) is 13.1. The van der Waals surface area contributed by atoms with Crippen LogP contribution in [0.25, 0.3) is 0 Å². The molecule has 0 saturated heterocycles. The third-order valence-corrected chi connectivity index (χ3v) is 6.63. The van der Waals surface area contributed by atoms with E-state index in [1.807, 2.05) is 6.08 Å². The molecule has 0 heterocycles. The van der Waals surface area contributed by atoms with Crippen molar-refractivity contribution in [1.82, 2.24) is 5.32 Å². The Balaban J connectivity index is 1.86. The Morgan fingerprint density at radius 2 is 1.89 bits per heavy atom. The van der Waals surface area contributed by atoms with Crippen LogP contribution < -0.4 is 10.1 Å². The Labute approximate surface area is 220 Å². The molecule has 6 nitrogen and oxygen atoms in total. The number of nitriles is 1. The van der Waals surface area contributed by atoms with Crippen molar-refractivity contribution < 1.29 is 19.4 Å². The summed E-state index contributed by atoms with van der Waals surface area (Å²) in [5.41, 5.74) is 5.56. The van der Waals surface area contributed by atoms with Crippen molar-refractivity contribution in [2.45, 2.75) is 72.3 Å². The van der Waals surface area contributed by atoms with Gasteiger partial charge in [-0.1, -0.05) is 55.3 Å². The van der Waals surface area contributed by atoms with Crippen LogP contribution in [0.4, 0.5) is 0 Å². The summed E-state index contributed by atoms with van der Waals surface area (Å²) in [6.45, 7) is 8.73. The molecule has 2 aromatic rings. The number of hydrogen-bond donors (Lipinski definition) is 2. The number of carboxylic acids is 1. The minimum atomic E-state index is -0.907. The van der Waals surface area contributed by atoms with E-state index in [4.69, 9.17) is 4.74 Å². The van der Waals surface area contributed by atoms with Gasteiger partial charge < -0.3 is 15.2 Å². The second kappa shape index (κ2) is 13.1. The molecule has 37 heavy (non-hydrogen) atoms. The van der Waals surface area contributed by atoms with Crippen LogP contribution in [-0.4, -0.2) is 23.6 Å². The topological polar surface area (TPSA) is 99.4 Å². The van der Waals surface area contributed by atoms with Crippen LogP contribution in [0.1, 0.15) is 84.6 Å². The first kappa shape index (κ1) is 28.0. The lowest BCUT2D eigenvalue weighted by atomic mass is 9.92. The molecule has 196 valence electrons. The number of hydrogen-bond acceptors (Lipinski definition) is 4. The zero-order valence-electron chi connectivity index (χ0n) is 22.3. The highest BCUT2D eigenvalue weighted by Gasteiger charge is 2.21. The molecule has 2 N–H and O–H groups in total. The van der Waals surface area contributed by atoms with E-state index in [9.17, 15) is 20.0 Å². The first-order chi connectivity index (χ1) is 17.6. The second-order valence-corrected chi connectivity index (χ2v) is 10.5. The van der Waals surface area contributed by atoms with Crippen molar-refractivity contribution in [3.63, 3.8) is 0 Å². The van der Waals surface area contributed by atoms with Gasteiger partial charge in [0.05, 0.1) is 18.0 Å². The number of amides is 1. The highest BCUT2D eigenvalue weighted by Crippen LogP contribution is 2.27. The lowest BCUT2D eigenvalue weighted by Gasteiger charge is -2.23. The largest absolute Gasteiger partial charge is 0.489 e. The number of aliphatic carboxylic acids is 1. The molecule has 1 aliphatic carbocycles. The summed E-state index contributed by atoms with van der Waals surface area (Å²) < 4.78 is 6.02. The molecule has 2 atom stereocenters. The van der Waals surface area contributed by atoms with Crippen molar-refractivity contribution in [2.75, 3.05) is 6.61 Å². The van der Waals surface area contributed by atoms with E-state index in [2.05, 4.69) is 57.3 Å². The summed E-state index contributed by atoms with van der Waals surface area (Å²) in [5.74, 6) is -0.299. The van der Waals surface area contributed by atoms with Crippen LogP contribution in [0.2, 0.25) is 0 Å². The lowest BCUT2D eigenvalue weighted by Crippen LogP contribution is -2.30. The number of nitrogens with one attached hydrogen (secondary N) is 1. The van der Waals surface area contributed by atoms with Gasteiger partial charge >= 0.3 is 5.97 Å². The highest BCUT2D eigenvalue weighted by atomic mass is 16.5. The molecular weight excluding hydrogens is 464 g/mol. The minimum absolute atomic E-state index is 0.0601. The average Bonchev–Trinajstić information content (AvgIpc) is 2.85. The zero-order valence-corrected chi connectivity index (χ0v) is 22.3. The Morgan fingerprint density at radius 3 is 2.54 bits per heavy atom. The zero-order chi connectivity index (χ0) is 26.9. The predicted molar refractivity (Wildman–Crippen MR) is 145 cm³/mol. The van der Waals surface area contributed by atoms with Gasteiger partial charge in [-0.15, -0.1) is 0 Å². The van der Waals surface area contributed by atoms with Gasteiger partial charge in [-0.3, -0.25) is 9.59 Å². The van der Waals surface area contributed by atoms with E-state index < -0.39 is 5.97 Å². The van der Waals surface area contributed by atoms with Crippen LogP contribution in [0.5, 0.6) is 5.75 Å². The Bertz CT molecular complexity index is 1170. The quantitative estimate of drug-likeness (QED) is 0.343. The van der Waals surface area contributed by atoms with Gasteiger partial charge in [-0.25, -0.2) is 0 Å². The summed E-state index contributed by atoms with van der Waals surface area (Å²) in [5, 5.41) is 21.7. The van der Waals surface area contributed by atoms with Crippen molar-refractivity contribution >= 4 is 11.9 Å². The maximum absolute atomic E-state index is 13.6. The number of carbonyl (C=O) groups is 2. The second-order valence-electron chi connectivity index (χ2n) is 10.5. The average molecular weight is 503 g/mol. The summed E-state index contributed by atoms with van der Waals surface area (Å²) in [6.07, 6.45) is 5.70. The monoisotopic (exact) mass is 502 g/mol. The van der Waals surface area contributed by atoms with Crippen molar-refractivity contribution in [1.29, 1.82) is 5.26 Å². The SMILES string of the molecule is Cc1cc(C)cc(C(CC(C)C)NC(=O)c2cc(OCC3=CC(C#N)CCC3)ccc2CCC(=O)O)c1. The smallest absolute Gasteiger partial charge is 0.303 e. The molecule has 3 rings (SSSR count). The fourth-order valence-corrected chi connectivity index (χ4v) is 4.91. The molecule has 0 aromatic heterocycles. The van der Waals surface area contributed by atoms with Crippen LogP contribution in [0, 0.1) is 37.0 Å². The number of carbonyl (C=O) groups excluding carboxylic acids is 1. The number of allylic oxidation sites excluding steroid dienone is 1. The molecule has 1 aliphatic rings. The van der Waals surface area contributed by atoms with Crippen LogP contribution in [-0.2, 0) is 11.2 Å². The number of carboxylic acid groups (broad SMARTS) is 1. The first-order valence-corrected chi connectivity index (χ1v) is 13.1. The van der Waals surface area contributed by atoms with Gasteiger partial charge in [-0.2, -0.15) is 5.26 Å². The summed E-state index contributed by atoms with van der Waals surface area (Å²) in [6, 6.07) is 13.8. The fourth-order valence-electron chi connectivity index (χ4n) is 4.91. The molecule has 0 radical (unpaired) electrons. The number of nitrogens with zero attached hydrogens (tertiary/aromatic N) is 1.